The highest BCUT2D eigenvalue weighted by atomic mass is 35.5. The Hall–Kier alpha value is -2.53. The Balaban J connectivity index is 2.14. The summed E-state index contributed by atoms with van der Waals surface area (Å²) in [6.45, 7) is 3.58. The summed E-state index contributed by atoms with van der Waals surface area (Å²) in [5, 5.41) is 23.2. The van der Waals surface area contributed by atoms with Crippen LogP contribution in [-0.4, -0.2) is 22.3 Å². The molecule has 0 heterocycles. The highest BCUT2D eigenvalue weighted by Crippen LogP contribution is 2.25. The molecule has 0 saturated carbocycles. The van der Waals surface area contributed by atoms with Crippen molar-refractivity contribution >= 4 is 23.7 Å². The van der Waals surface area contributed by atoms with Crippen LogP contribution in [0.4, 0.5) is 0 Å². The van der Waals surface area contributed by atoms with E-state index >= 15 is 0 Å². The normalized spacial score (nSPS) is 10.9. The van der Waals surface area contributed by atoms with Crippen LogP contribution in [0.15, 0.2) is 35.4 Å². The molecule has 0 aliphatic carbocycles. The molecule has 0 bridgehead atoms. The lowest BCUT2D eigenvalue weighted by Crippen LogP contribution is -2.18. The number of phenols is 2. The van der Waals surface area contributed by atoms with Crippen LogP contribution in [0.5, 0.6) is 11.5 Å². The van der Waals surface area contributed by atoms with Gasteiger partial charge in [0.25, 0.3) is 5.91 Å². The Kier molecular flexibility index (Phi) is 4.68. The largest absolute Gasteiger partial charge is 0.508 e. The molecule has 22 heavy (non-hydrogen) atoms. The number of nitrogens with zero attached hydrogens (tertiary/aromatic N) is 1. The van der Waals surface area contributed by atoms with Crippen LogP contribution in [0.1, 0.15) is 27.0 Å². The van der Waals surface area contributed by atoms with E-state index in [2.05, 4.69) is 10.5 Å². The number of phenolic OH excluding ortho intramolecular Hbond substituents is 2. The molecule has 114 valence electrons. The Morgan fingerprint density at radius 2 is 1.95 bits per heavy atom. The molecule has 0 aliphatic rings. The monoisotopic (exact) mass is 318 g/mol. The van der Waals surface area contributed by atoms with Crippen molar-refractivity contribution in [1.29, 1.82) is 0 Å². The van der Waals surface area contributed by atoms with Crippen molar-refractivity contribution in [1.82, 2.24) is 5.43 Å². The maximum Gasteiger partial charge on any atom is 0.272 e. The van der Waals surface area contributed by atoms with E-state index in [1.807, 2.05) is 6.92 Å². The second-order valence-electron chi connectivity index (χ2n) is 4.88. The summed E-state index contributed by atoms with van der Waals surface area (Å²) < 4.78 is 0. The molecule has 2 aromatic carbocycles. The number of carbonyl (C=O) groups excluding carboxylic acids is 1. The zero-order chi connectivity index (χ0) is 16.3. The van der Waals surface area contributed by atoms with Gasteiger partial charge in [-0.1, -0.05) is 17.7 Å². The van der Waals surface area contributed by atoms with E-state index in [-0.39, 0.29) is 11.5 Å². The van der Waals surface area contributed by atoms with Crippen molar-refractivity contribution in [2.45, 2.75) is 13.8 Å². The first-order chi connectivity index (χ1) is 10.4. The molecular weight excluding hydrogens is 304 g/mol. The summed E-state index contributed by atoms with van der Waals surface area (Å²) in [6, 6.07) is 7.77. The average Bonchev–Trinajstić information content (AvgIpc) is 2.41. The third-order valence-electron chi connectivity index (χ3n) is 3.08. The predicted octanol–water partition coefficient (Wildman–Crippen LogP) is 3.13. The van der Waals surface area contributed by atoms with Crippen LogP contribution < -0.4 is 5.43 Å². The lowest BCUT2D eigenvalue weighted by Gasteiger charge is -2.05. The number of rotatable bonds is 3. The first-order valence-corrected chi connectivity index (χ1v) is 6.88. The lowest BCUT2D eigenvalue weighted by molar-refractivity contribution is 0.0955. The molecule has 3 N–H and O–H groups in total. The van der Waals surface area contributed by atoms with Gasteiger partial charge in [0, 0.05) is 11.6 Å². The number of aryl methyl sites for hydroxylation is 2. The fraction of sp³-hybridized carbons (Fsp3) is 0.125. The summed E-state index contributed by atoms with van der Waals surface area (Å²) >= 11 is 6.01. The minimum atomic E-state index is -0.447. The number of aromatic hydroxyl groups is 2. The van der Waals surface area contributed by atoms with Crippen molar-refractivity contribution in [3.8, 4) is 11.5 Å². The second kappa shape index (κ2) is 6.49. The van der Waals surface area contributed by atoms with E-state index in [0.717, 1.165) is 5.56 Å². The summed E-state index contributed by atoms with van der Waals surface area (Å²) in [6.07, 6.45) is 1.31. The molecule has 0 fully saturated rings. The molecule has 6 heteroatoms. The topological polar surface area (TPSA) is 81.9 Å². The van der Waals surface area contributed by atoms with Crippen LogP contribution in [0.25, 0.3) is 0 Å². The molecule has 0 atom stereocenters. The number of carbonyl (C=O) groups is 1. The second-order valence-corrected chi connectivity index (χ2v) is 5.29. The number of benzene rings is 2. The Morgan fingerprint density at radius 1 is 1.23 bits per heavy atom. The Labute approximate surface area is 132 Å². The van der Waals surface area contributed by atoms with Gasteiger partial charge in [0.1, 0.15) is 11.5 Å². The third-order valence-corrected chi connectivity index (χ3v) is 3.39. The lowest BCUT2D eigenvalue weighted by atomic mass is 10.1. The molecule has 0 radical (unpaired) electrons. The Bertz CT molecular complexity index is 734. The summed E-state index contributed by atoms with van der Waals surface area (Å²) in [5.74, 6) is -0.608. The van der Waals surface area contributed by atoms with Gasteiger partial charge >= 0.3 is 0 Å². The van der Waals surface area contributed by atoms with Gasteiger partial charge in [0.15, 0.2) is 0 Å². The molecule has 0 spiro atoms. The molecule has 0 unspecified atom stereocenters. The number of hydrogen-bond acceptors (Lipinski definition) is 4. The zero-order valence-electron chi connectivity index (χ0n) is 12.1. The van der Waals surface area contributed by atoms with Gasteiger partial charge in [0.05, 0.1) is 16.8 Å². The van der Waals surface area contributed by atoms with E-state index in [1.54, 1.807) is 25.1 Å². The number of hydrogen-bond donors (Lipinski definition) is 3. The quantitative estimate of drug-likeness (QED) is 0.600. The highest BCUT2D eigenvalue weighted by molar-refractivity contribution is 6.33. The van der Waals surface area contributed by atoms with Gasteiger partial charge in [-0.15, -0.1) is 0 Å². The predicted molar refractivity (Wildman–Crippen MR) is 85.8 cm³/mol. The van der Waals surface area contributed by atoms with Crippen molar-refractivity contribution in [3.63, 3.8) is 0 Å². The smallest absolute Gasteiger partial charge is 0.272 e. The molecule has 5 nitrogen and oxygen atoms in total. The van der Waals surface area contributed by atoms with Gasteiger partial charge in [-0.05, 0) is 43.2 Å². The van der Waals surface area contributed by atoms with E-state index in [1.165, 1.54) is 18.3 Å². The highest BCUT2D eigenvalue weighted by Gasteiger charge is 2.10. The SMILES string of the molecule is Cc1ccc(C(=O)NN=Cc2c(C)cc(O)cc2O)c(Cl)c1. The van der Waals surface area contributed by atoms with Crippen LogP contribution in [0.3, 0.4) is 0 Å². The van der Waals surface area contributed by atoms with Crippen molar-refractivity contribution in [2.75, 3.05) is 0 Å². The zero-order valence-corrected chi connectivity index (χ0v) is 12.8. The molecule has 0 saturated heterocycles. The Morgan fingerprint density at radius 3 is 2.59 bits per heavy atom. The first kappa shape index (κ1) is 15.9. The van der Waals surface area contributed by atoms with E-state index in [0.29, 0.717) is 21.7 Å². The van der Waals surface area contributed by atoms with Crippen LogP contribution in [-0.2, 0) is 0 Å². The summed E-state index contributed by atoms with van der Waals surface area (Å²) in [7, 11) is 0. The van der Waals surface area contributed by atoms with Gasteiger partial charge in [-0.2, -0.15) is 5.10 Å². The summed E-state index contributed by atoms with van der Waals surface area (Å²) in [4.78, 5) is 12.0. The van der Waals surface area contributed by atoms with Crippen molar-refractivity contribution in [2.24, 2.45) is 5.10 Å². The van der Waals surface area contributed by atoms with E-state index < -0.39 is 5.91 Å². The van der Waals surface area contributed by atoms with Crippen LogP contribution in [0.2, 0.25) is 5.02 Å². The summed E-state index contributed by atoms with van der Waals surface area (Å²) in [5.41, 5.74) is 4.66. The first-order valence-electron chi connectivity index (χ1n) is 6.50. The molecule has 0 aliphatic heterocycles. The molecule has 0 aromatic heterocycles. The standard InChI is InChI=1S/C16H15ClN2O3/c1-9-3-4-12(14(17)5-9)16(22)19-18-8-13-10(2)6-11(20)7-15(13)21/h3-8,20-21H,1-2H3,(H,19,22). The van der Waals surface area contributed by atoms with Gasteiger partial charge in [-0.25, -0.2) is 5.43 Å². The maximum absolute atomic E-state index is 12.0. The van der Waals surface area contributed by atoms with Gasteiger partial charge < -0.3 is 10.2 Å². The number of amides is 1. The van der Waals surface area contributed by atoms with Crippen molar-refractivity contribution < 1.29 is 15.0 Å². The average molecular weight is 319 g/mol. The molecule has 2 rings (SSSR count). The maximum atomic E-state index is 12.0. The molecule has 1 amide bonds. The minimum absolute atomic E-state index is 0.0392. The molecule has 2 aromatic rings. The van der Waals surface area contributed by atoms with Crippen LogP contribution >= 0.6 is 11.6 Å². The van der Waals surface area contributed by atoms with Gasteiger partial charge in [0.2, 0.25) is 0 Å². The number of hydrazone groups is 1. The fourth-order valence-corrected chi connectivity index (χ4v) is 2.27. The third kappa shape index (κ3) is 3.56. The van der Waals surface area contributed by atoms with Crippen molar-refractivity contribution in [3.05, 3.63) is 57.6 Å². The fourth-order valence-electron chi connectivity index (χ4n) is 1.95. The van der Waals surface area contributed by atoms with E-state index in [4.69, 9.17) is 11.6 Å². The number of halogens is 1. The van der Waals surface area contributed by atoms with E-state index in [9.17, 15) is 15.0 Å². The number of nitrogens with one attached hydrogen (secondary N) is 1. The molecular formula is C16H15ClN2O3. The minimum Gasteiger partial charge on any atom is -0.508 e. The van der Waals surface area contributed by atoms with Gasteiger partial charge in [-0.3, -0.25) is 4.79 Å². The van der Waals surface area contributed by atoms with Crippen LogP contribution in [0, 0.1) is 13.8 Å².